The van der Waals surface area contributed by atoms with Crippen molar-refractivity contribution in [1.82, 2.24) is 0 Å². The number of sulfone groups is 1. The molecular formula is C13H14N2O4S2. The molecule has 112 valence electrons. The van der Waals surface area contributed by atoms with E-state index in [0.717, 1.165) is 11.6 Å². The van der Waals surface area contributed by atoms with Gasteiger partial charge >= 0.3 is 0 Å². The molecular weight excluding hydrogens is 312 g/mol. The predicted octanol–water partition coefficient (Wildman–Crippen LogP) is 1.06. The summed E-state index contributed by atoms with van der Waals surface area (Å²) < 4.78 is 48.3. The van der Waals surface area contributed by atoms with E-state index in [9.17, 15) is 16.8 Å². The van der Waals surface area contributed by atoms with Gasteiger partial charge in [-0.25, -0.2) is 22.0 Å². The van der Waals surface area contributed by atoms with Crippen molar-refractivity contribution >= 4 is 25.5 Å². The highest BCUT2D eigenvalue weighted by Crippen LogP contribution is 2.28. The number of nitrogens with two attached hydrogens (primary N) is 2. The van der Waals surface area contributed by atoms with Crippen molar-refractivity contribution in [3.05, 3.63) is 48.0 Å². The Morgan fingerprint density at radius 3 is 2.00 bits per heavy atom. The van der Waals surface area contributed by atoms with Crippen molar-refractivity contribution in [3.63, 3.8) is 0 Å². The third kappa shape index (κ3) is 2.92. The van der Waals surface area contributed by atoms with Crippen molar-refractivity contribution in [1.29, 1.82) is 0 Å². The van der Waals surface area contributed by atoms with E-state index in [4.69, 9.17) is 10.9 Å². The van der Waals surface area contributed by atoms with Gasteiger partial charge in [0.2, 0.25) is 19.9 Å². The molecule has 0 aromatic heterocycles. The first-order chi connectivity index (χ1) is 9.64. The van der Waals surface area contributed by atoms with Crippen LogP contribution in [0, 0.1) is 6.92 Å². The zero-order valence-corrected chi connectivity index (χ0v) is 12.8. The predicted molar refractivity (Wildman–Crippen MR) is 78.9 cm³/mol. The number of aryl methyl sites for hydroxylation is 1. The number of hydrogen-bond acceptors (Lipinski definition) is 5. The number of sulfonamides is 1. The Bertz CT molecular complexity index is 904. The minimum absolute atomic E-state index is 0.0818. The van der Waals surface area contributed by atoms with Gasteiger partial charge in [0.25, 0.3) is 0 Å². The van der Waals surface area contributed by atoms with Crippen LogP contribution >= 0.6 is 0 Å². The lowest BCUT2D eigenvalue weighted by atomic mass is 10.2. The van der Waals surface area contributed by atoms with Crippen molar-refractivity contribution in [2.45, 2.75) is 21.6 Å². The second-order valence-corrected chi connectivity index (χ2v) is 7.96. The van der Waals surface area contributed by atoms with Gasteiger partial charge in [-0.05, 0) is 36.8 Å². The minimum Gasteiger partial charge on any atom is -0.398 e. The van der Waals surface area contributed by atoms with Crippen LogP contribution in [0.15, 0.2) is 57.2 Å². The SMILES string of the molecule is Cc1ccc(S(=O)(=O)c2ccccc2S(N)(=O)=O)cc1N. The first-order valence-electron chi connectivity index (χ1n) is 5.87. The zero-order chi connectivity index (χ0) is 15.8. The van der Waals surface area contributed by atoms with Crippen molar-refractivity contribution in [2.24, 2.45) is 5.14 Å². The molecule has 2 aromatic rings. The van der Waals surface area contributed by atoms with Crippen LogP contribution in [0.25, 0.3) is 0 Å². The van der Waals surface area contributed by atoms with Crippen LogP contribution in [0.3, 0.4) is 0 Å². The maximum Gasteiger partial charge on any atom is 0.239 e. The van der Waals surface area contributed by atoms with Gasteiger partial charge in [-0.2, -0.15) is 0 Å². The molecule has 0 unspecified atom stereocenters. The molecule has 0 fully saturated rings. The van der Waals surface area contributed by atoms with E-state index in [-0.39, 0.29) is 9.79 Å². The molecule has 2 aromatic carbocycles. The molecule has 8 heteroatoms. The third-order valence-electron chi connectivity index (χ3n) is 3.01. The topological polar surface area (TPSA) is 120 Å². The highest BCUT2D eigenvalue weighted by molar-refractivity contribution is 7.93. The number of nitrogen functional groups attached to an aromatic ring is 1. The molecule has 0 aliphatic heterocycles. The Morgan fingerprint density at radius 2 is 1.48 bits per heavy atom. The van der Waals surface area contributed by atoms with Gasteiger partial charge < -0.3 is 5.73 Å². The minimum atomic E-state index is -4.15. The first kappa shape index (κ1) is 15.5. The van der Waals surface area contributed by atoms with E-state index in [1.54, 1.807) is 13.0 Å². The summed E-state index contributed by atoms with van der Waals surface area (Å²) in [6.45, 7) is 1.74. The summed E-state index contributed by atoms with van der Waals surface area (Å²) in [5, 5.41) is 5.07. The van der Waals surface area contributed by atoms with Gasteiger partial charge in [0.1, 0.15) is 4.90 Å². The summed E-state index contributed by atoms with van der Waals surface area (Å²) in [7, 11) is -8.18. The van der Waals surface area contributed by atoms with Crippen molar-refractivity contribution in [3.8, 4) is 0 Å². The number of rotatable bonds is 3. The summed E-state index contributed by atoms with van der Waals surface area (Å²) in [6, 6.07) is 9.42. The van der Waals surface area contributed by atoms with E-state index in [2.05, 4.69) is 0 Å². The van der Waals surface area contributed by atoms with E-state index in [1.165, 1.54) is 30.3 Å². The lowest BCUT2D eigenvalue weighted by molar-refractivity contribution is 0.583. The second kappa shape index (κ2) is 5.14. The summed E-state index contributed by atoms with van der Waals surface area (Å²) in [4.78, 5) is -0.887. The van der Waals surface area contributed by atoms with Gasteiger partial charge in [0, 0.05) is 5.69 Å². The van der Waals surface area contributed by atoms with Crippen LogP contribution in [-0.4, -0.2) is 16.8 Å². The molecule has 2 rings (SSSR count). The smallest absolute Gasteiger partial charge is 0.239 e. The lowest BCUT2D eigenvalue weighted by Gasteiger charge is -2.10. The Kier molecular flexibility index (Phi) is 3.79. The Hall–Kier alpha value is -1.90. The maximum absolute atomic E-state index is 12.6. The Morgan fingerprint density at radius 1 is 0.905 bits per heavy atom. The molecule has 0 spiro atoms. The van der Waals surface area contributed by atoms with Crippen LogP contribution in [0.4, 0.5) is 5.69 Å². The van der Waals surface area contributed by atoms with E-state index in [1.807, 2.05) is 0 Å². The molecule has 0 heterocycles. The molecule has 0 aliphatic rings. The van der Waals surface area contributed by atoms with Crippen LogP contribution in [0.2, 0.25) is 0 Å². The molecule has 6 nitrogen and oxygen atoms in total. The number of benzene rings is 2. The summed E-state index contributed by atoms with van der Waals surface area (Å²) in [5.41, 5.74) is 6.75. The van der Waals surface area contributed by atoms with E-state index < -0.39 is 24.8 Å². The second-order valence-electron chi connectivity index (χ2n) is 4.51. The van der Waals surface area contributed by atoms with Crippen LogP contribution in [-0.2, 0) is 19.9 Å². The van der Waals surface area contributed by atoms with E-state index in [0.29, 0.717) is 5.69 Å². The molecule has 0 radical (unpaired) electrons. The van der Waals surface area contributed by atoms with Crippen LogP contribution < -0.4 is 10.9 Å². The normalized spacial score (nSPS) is 12.3. The highest BCUT2D eigenvalue weighted by atomic mass is 32.2. The number of primary sulfonamides is 1. The lowest BCUT2D eigenvalue weighted by Crippen LogP contribution is -2.17. The monoisotopic (exact) mass is 326 g/mol. The zero-order valence-electron chi connectivity index (χ0n) is 11.1. The largest absolute Gasteiger partial charge is 0.398 e. The number of hydrogen-bond donors (Lipinski definition) is 2. The summed E-state index contributed by atoms with van der Waals surface area (Å²) in [6.07, 6.45) is 0. The van der Waals surface area contributed by atoms with E-state index >= 15 is 0 Å². The van der Waals surface area contributed by atoms with Gasteiger partial charge in [-0.1, -0.05) is 18.2 Å². The Balaban J connectivity index is 2.74. The Labute approximate surface area is 123 Å². The maximum atomic E-state index is 12.6. The van der Waals surface area contributed by atoms with Crippen molar-refractivity contribution < 1.29 is 16.8 Å². The molecule has 0 bridgehead atoms. The van der Waals surface area contributed by atoms with Crippen LogP contribution in [0.1, 0.15) is 5.56 Å². The van der Waals surface area contributed by atoms with Crippen LogP contribution in [0.5, 0.6) is 0 Å². The highest BCUT2D eigenvalue weighted by Gasteiger charge is 2.25. The quantitative estimate of drug-likeness (QED) is 0.817. The average molecular weight is 326 g/mol. The fourth-order valence-corrected chi connectivity index (χ4v) is 4.49. The molecule has 0 saturated heterocycles. The molecule has 0 saturated carbocycles. The van der Waals surface area contributed by atoms with Gasteiger partial charge in [0.15, 0.2) is 0 Å². The van der Waals surface area contributed by atoms with Crippen molar-refractivity contribution in [2.75, 3.05) is 5.73 Å². The van der Waals surface area contributed by atoms with Gasteiger partial charge in [0.05, 0.1) is 9.79 Å². The average Bonchev–Trinajstić information content (AvgIpc) is 2.41. The summed E-state index contributed by atoms with van der Waals surface area (Å²) >= 11 is 0. The molecule has 0 amide bonds. The van der Waals surface area contributed by atoms with Gasteiger partial charge in [-0.15, -0.1) is 0 Å². The fraction of sp³-hybridized carbons (Fsp3) is 0.0769. The molecule has 0 aliphatic carbocycles. The fourth-order valence-electron chi connectivity index (χ4n) is 1.82. The standard InChI is InChI=1S/C13H14N2O4S2/c1-9-6-7-10(8-11(9)14)20(16,17)12-4-2-3-5-13(12)21(15,18)19/h2-8H,14H2,1H3,(H2,15,18,19). The molecule has 21 heavy (non-hydrogen) atoms. The first-order valence-corrected chi connectivity index (χ1v) is 8.90. The molecule has 4 N–H and O–H groups in total. The summed E-state index contributed by atoms with van der Waals surface area (Å²) in [5.74, 6) is 0. The third-order valence-corrected chi connectivity index (χ3v) is 5.91. The van der Waals surface area contributed by atoms with Gasteiger partial charge in [-0.3, -0.25) is 0 Å². The number of anilines is 1. The molecule has 0 atom stereocenters.